The molecule has 1 aromatic carbocycles. The minimum atomic E-state index is 0.0660. The van der Waals surface area contributed by atoms with Crippen LogP contribution in [0.25, 0.3) is 0 Å². The van der Waals surface area contributed by atoms with E-state index in [9.17, 15) is 4.79 Å². The molecule has 0 radical (unpaired) electrons. The van der Waals surface area contributed by atoms with Crippen LogP contribution in [0.2, 0.25) is 0 Å². The number of aryl methyl sites for hydroxylation is 1. The van der Waals surface area contributed by atoms with E-state index >= 15 is 0 Å². The molecule has 4 heteroatoms. The van der Waals surface area contributed by atoms with E-state index in [1.165, 1.54) is 0 Å². The summed E-state index contributed by atoms with van der Waals surface area (Å²) >= 11 is 1.85. The van der Waals surface area contributed by atoms with Gasteiger partial charge in [0.1, 0.15) is 0 Å². The molecule has 0 heterocycles. The van der Waals surface area contributed by atoms with Crippen LogP contribution < -0.4 is 11.1 Å². The summed E-state index contributed by atoms with van der Waals surface area (Å²) in [6.45, 7) is 8.56. The van der Waals surface area contributed by atoms with Crippen molar-refractivity contribution in [1.29, 1.82) is 0 Å². The smallest absolute Gasteiger partial charge is 0.225 e. The Morgan fingerprint density at radius 2 is 2.05 bits per heavy atom. The molecule has 0 saturated carbocycles. The molecule has 1 rings (SSSR count). The van der Waals surface area contributed by atoms with Crippen molar-refractivity contribution in [1.82, 2.24) is 0 Å². The second kappa shape index (κ2) is 7.43. The Labute approximate surface area is 120 Å². The van der Waals surface area contributed by atoms with Crippen molar-refractivity contribution < 1.29 is 4.79 Å². The van der Waals surface area contributed by atoms with Gasteiger partial charge in [-0.2, -0.15) is 11.8 Å². The summed E-state index contributed by atoms with van der Waals surface area (Å²) in [5.74, 6) is 1.57. The number of nitrogen functional groups attached to an aromatic ring is 1. The Morgan fingerprint density at radius 1 is 1.37 bits per heavy atom. The minimum Gasteiger partial charge on any atom is -0.399 e. The quantitative estimate of drug-likeness (QED) is 0.781. The monoisotopic (exact) mass is 280 g/mol. The Balaban J connectivity index is 2.39. The maximum absolute atomic E-state index is 11.8. The van der Waals surface area contributed by atoms with Crippen LogP contribution in [0.1, 0.15) is 32.8 Å². The van der Waals surface area contributed by atoms with Crippen molar-refractivity contribution >= 4 is 29.0 Å². The van der Waals surface area contributed by atoms with Crippen LogP contribution in [0.4, 0.5) is 11.4 Å². The van der Waals surface area contributed by atoms with E-state index in [4.69, 9.17) is 5.73 Å². The summed E-state index contributed by atoms with van der Waals surface area (Å²) in [7, 11) is 0. The number of hydrogen-bond acceptors (Lipinski definition) is 3. The van der Waals surface area contributed by atoms with Gasteiger partial charge in [0.2, 0.25) is 5.91 Å². The fourth-order valence-electron chi connectivity index (χ4n) is 1.57. The highest BCUT2D eigenvalue weighted by atomic mass is 32.2. The second-order valence-corrected chi connectivity index (χ2v) is 6.68. The van der Waals surface area contributed by atoms with Gasteiger partial charge in [-0.05, 0) is 36.6 Å². The molecule has 1 amide bonds. The highest BCUT2D eigenvalue weighted by Gasteiger charge is 2.09. The molecule has 3 nitrogen and oxygen atoms in total. The number of carbonyl (C=O) groups is 1. The van der Waals surface area contributed by atoms with Gasteiger partial charge in [-0.3, -0.25) is 4.79 Å². The van der Waals surface area contributed by atoms with Crippen LogP contribution >= 0.6 is 11.8 Å². The molecule has 0 aromatic heterocycles. The van der Waals surface area contributed by atoms with Gasteiger partial charge in [-0.25, -0.2) is 0 Å². The summed E-state index contributed by atoms with van der Waals surface area (Å²) in [4.78, 5) is 11.8. The zero-order valence-corrected chi connectivity index (χ0v) is 13.0. The highest BCUT2D eigenvalue weighted by molar-refractivity contribution is 7.99. The molecular weight excluding hydrogens is 256 g/mol. The number of carbonyl (C=O) groups excluding carboxylic acids is 1. The number of nitrogens with two attached hydrogens (primary N) is 1. The largest absolute Gasteiger partial charge is 0.399 e. The summed E-state index contributed by atoms with van der Waals surface area (Å²) in [6, 6.07) is 5.52. The molecule has 19 heavy (non-hydrogen) atoms. The predicted octanol–water partition coefficient (Wildman–Crippen LogP) is 3.68. The first-order valence-electron chi connectivity index (χ1n) is 6.67. The molecule has 1 aromatic rings. The van der Waals surface area contributed by atoms with Gasteiger partial charge in [0.15, 0.2) is 0 Å². The molecule has 0 spiro atoms. The van der Waals surface area contributed by atoms with Gasteiger partial charge < -0.3 is 11.1 Å². The molecule has 1 atom stereocenters. The summed E-state index contributed by atoms with van der Waals surface area (Å²) < 4.78 is 0. The Kier molecular flexibility index (Phi) is 6.22. The Hall–Kier alpha value is -1.16. The molecule has 0 aliphatic heterocycles. The number of benzene rings is 1. The van der Waals surface area contributed by atoms with E-state index in [2.05, 4.69) is 26.1 Å². The number of thioether (sulfide) groups is 1. The lowest BCUT2D eigenvalue weighted by Crippen LogP contribution is -2.14. The summed E-state index contributed by atoms with van der Waals surface area (Å²) in [5.41, 5.74) is 8.25. The molecule has 0 bridgehead atoms. The lowest BCUT2D eigenvalue weighted by Gasteiger charge is -2.14. The third kappa shape index (κ3) is 5.55. The third-order valence-electron chi connectivity index (χ3n) is 3.17. The molecule has 106 valence electrons. The molecule has 3 N–H and O–H groups in total. The second-order valence-electron chi connectivity index (χ2n) is 5.19. The van der Waals surface area contributed by atoms with Crippen LogP contribution in [-0.2, 0) is 4.79 Å². The van der Waals surface area contributed by atoms with Gasteiger partial charge >= 0.3 is 0 Å². The zero-order valence-electron chi connectivity index (χ0n) is 12.2. The van der Waals surface area contributed by atoms with Crippen molar-refractivity contribution in [2.24, 2.45) is 5.92 Å². The van der Waals surface area contributed by atoms with E-state index in [1.54, 1.807) is 6.07 Å². The van der Waals surface area contributed by atoms with Crippen molar-refractivity contribution in [3.63, 3.8) is 0 Å². The van der Waals surface area contributed by atoms with E-state index in [0.717, 1.165) is 22.7 Å². The van der Waals surface area contributed by atoms with Gasteiger partial charge in [0, 0.05) is 28.8 Å². The molecule has 1 unspecified atom stereocenters. The number of rotatable bonds is 6. The van der Waals surface area contributed by atoms with Crippen LogP contribution in [0.3, 0.4) is 0 Å². The molecular formula is C15H24N2OS. The SMILES string of the molecule is Cc1cc(N)ccc1NC(=O)CCSC(C)C(C)C. The van der Waals surface area contributed by atoms with E-state index in [-0.39, 0.29) is 5.91 Å². The summed E-state index contributed by atoms with van der Waals surface area (Å²) in [6.07, 6.45) is 0.547. The average molecular weight is 280 g/mol. The third-order valence-corrected chi connectivity index (χ3v) is 4.68. The standard InChI is InChI=1S/C15H24N2OS/c1-10(2)12(4)19-8-7-15(18)17-14-6-5-13(16)9-11(14)3/h5-6,9-10,12H,7-8,16H2,1-4H3,(H,17,18). The Bertz CT molecular complexity index is 432. The predicted molar refractivity (Wildman–Crippen MR) is 85.6 cm³/mol. The maximum Gasteiger partial charge on any atom is 0.225 e. The first-order valence-corrected chi connectivity index (χ1v) is 7.72. The molecule has 0 aliphatic carbocycles. The average Bonchev–Trinajstić information content (AvgIpc) is 2.32. The molecule has 0 saturated heterocycles. The fraction of sp³-hybridized carbons (Fsp3) is 0.533. The van der Waals surface area contributed by atoms with Crippen molar-refractivity contribution in [2.75, 3.05) is 16.8 Å². The highest BCUT2D eigenvalue weighted by Crippen LogP contribution is 2.21. The lowest BCUT2D eigenvalue weighted by atomic mass is 10.2. The van der Waals surface area contributed by atoms with Crippen LogP contribution in [0, 0.1) is 12.8 Å². The van der Waals surface area contributed by atoms with E-state index < -0.39 is 0 Å². The maximum atomic E-state index is 11.8. The summed E-state index contributed by atoms with van der Waals surface area (Å²) in [5, 5.41) is 3.52. The van der Waals surface area contributed by atoms with E-state index in [1.807, 2.05) is 30.8 Å². The van der Waals surface area contributed by atoms with Crippen molar-refractivity contribution in [3.05, 3.63) is 23.8 Å². The zero-order chi connectivity index (χ0) is 14.4. The number of hydrogen-bond donors (Lipinski definition) is 2. The van der Waals surface area contributed by atoms with Crippen LogP contribution in [0.15, 0.2) is 18.2 Å². The van der Waals surface area contributed by atoms with Gasteiger partial charge in [0.25, 0.3) is 0 Å². The normalized spacial score (nSPS) is 12.5. The topological polar surface area (TPSA) is 55.1 Å². The van der Waals surface area contributed by atoms with Gasteiger partial charge in [0.05, 0.1) is 0 Å². The fourth-order valence-corrected chi connectivity index (χ4v) is 2.63. The number of nitrogens with one attached hydrogen (secondary N) is 1. The molecule has 0 fully saturated rings. The van der Waals surface area contributed by atoms with E-state index in [0.29, 0.717) is 17.6 Å². The lowest BCUT2D eigenvalue weighted by molar-refractivity contribution is -0.115. The number of anilines is 2. The number of amides is 1. The first kappa shape index (κ1) is 15.9. The van der Waals surface area contributed by atoms with Crippen molar-refractivity contribution in [2.45, 2.75) is 39.4 Å². The Morgan fingerprint density at radius 3 is 2.63 bits per heavy atom. The van der Waals surface area contributed by atoms with Crippen molar-refractivity contribution in [3.8, 4) is 0 Å². The minimum absolute atomic E-state index is 0.0660. The van der Waals surface area contributed by atoms with Gasteiger partial charge in [-0.1, -0.05) is 20.8 Å². The molecule has 0 aliphatic rings. The van der Waals surface area contributed by atoms with Crippen LogP contribution in [-0.4, -0.2) is 16.9 Å². The first-order chi connectivity index (χ1) is 8.90. The van der Waals surface area contributed by atoms with Gasteiger partial charge in [-0.15, -0.1) is 0 Å². The van der Waals surface area contributed by atoms with Crippen LogP contribution in [0.5, 0.6) is 0 Å².